The third-order valence-corrected chi connectivity index (χ3v) is 5.49. The van der Waals surface area contributed by atoms with Gasteiger partial charge in [0.15, 0.2) is 4.34 Å². The van der Waals surface area contributed by atoms with Gasteiger partial charge in [-0.15, -0.1) is 10.2 Å². The Kier molecular flexibility index (Phi) is 5.87. The van der Waals surface area contributed by atoms with Crippen LogP contribution in [0.1, 0.15) is 18.9 Å². The lowest BCUT2D eigenvalue weighted by Crippen LogP contribution is -2.21. The van der Waals surface area contributed by atoms with Crippen LogP contribution in [0.4, 0.5) is 5.13 Å². The average molecular weight is 343 g/mol. The van der Waals surface area contributed by atoms with Crippen molar-refractivity contribution in [1.82, 2.24) is 10.2 Å². The first-order valence-corrected chi connectivity index (χ1v) is 8.73. The Bertz CT molecular complexity index is 600. The molecule has 0 radical (unpaired) electrons. The minimum atomic E-state index is 0.164. The number of halogens is 1. The minimum Gasteiger partial charge on any atom is -0.353 e. The summed E-state index contributed by atoms with van der Waals surface area (Å²) in [6.07, 6.45) is 1.80. The Balaban J connectivity index is 2.22. The molecule has 0 saturated heterocycles. The van der Waals surface area contributed by atoms with Crippen molar-refractivity contribution in [2.24, 2.45) is 5.73 Å². The molecule has 0 aliphatic heterocycles. The molecule has 1 heterocycles. The van der Waals surface area contributed by atoms with Gasteiger partial charge < -0.3 is 10.6 Å². The van der Waals surface area contributed by atoms with E-state index in [1.165, 1.54) is 5.56 Å². The van der Waals surface area contributed by atoms with E-state index in [-0.39, 0.29) is 6.04 Å². The zero-order valence-electron chi connectivity index (χ0n) is 12.3. The van der Waals surface area contributed by atoms with Gasteiger partial charge in [-0.2, -0.15) is 0 Å². The molecule has 114 valence electrons. The molecule has 1 atom stereocenters. The average Bonchev–Trinajstić information content (AvgIpc) is 2.90. The standard InChI is InChI=1S/C14H19ClN4S2/c1-4-11(16)7-9-5-6-10(15)8-12(9)20-14-18-17-13(21-14)19(2)3/h5-6,8,11H,4,7,16H2,1-3H3. The number of anilines is 1. The summed E-state index contributed by atoms with van der Waals surface area (Å²) in [5.41, 5.74) is 7.28. The topological polar surface area (TPSA) is 55.0 Å². The lowest BCUT2D eigenvalue weighted by atomic mass is 10.1. The van der Waals surface area contributed by atoms with Crippen molar-refractivity contribution in [3.63, 3.8) is 0 Å². The molecule has 0 aliphatic rings. The molecule has 0 aliphatic carbocycles. The molecule has 1 unspecified atom stereocenters. The Hall–Kier alpha value is -0.820. The highest BCUT2D eigenvalue weighted by atomic mass is 35.5. The van der Waals surface area contributed by atoms with Crippen molar-refractivity contribution in [2.75, 3.05) is 19.0 Å². The molecule has 4 nitrogen and oxygen atoms in total. The summed E-state index contributed by atoms with van der Waals surface area (Å²) in [5, 5.41) is 10.00. The molecule has 1 aromatic carbocycles. The molecule has 7 heteroatoms. The van der Waals surface area contributed by atoms with Gasteiger partial charge >= 0.3 is 0 Å². The zero-order valence-corrected chi connectivity index (χ0v) is 14.7. The molecular formula is C14H19ClN4S2. The largest absolute Gasteiger partial charge is 0.353 e. The Morgan fingerprint density at radius 1 is 1.38 bits per heavy atom. The molecule has 0 saturated carbocycles. The van der Waals surface area contributed by atoms with Crippen LogP contribution in [0.25, 0.3) is 0 Å². The van der Waals surface area contributed by atoms with Gasteiger partial charge in [-0.3, -0.25) is 0 Å². The molecule has 0 fully saturated rings. The third-order valence-electron chi connectivity index (χ3n) is 3.01. The van der Waals surface area contributed by atoms with Gasteiger partial charge in [0.05, 0.1) is 0 Å². The summed E-state index contributed by atoms with van der Waals surface area (Å²) in [6.45, 7) is 2.10. The Morgan fingerprint density at radius 2 is 2.14 bits per heavy atom. The fourth-order valence-electron chi connectivity index (χ4n) is 1.74. The summed E-state index contributed by atoms with van der Waals surface area (Å²) >= 11 is 9.29. The number of hydrogen-bond donors (Lipinski definition) is 1. The second-order valence-electron chi connectivity index (χ2n) is 4.97. The maximum absolute atomic E-state index is 6.12. The van der Waals surface area contributed by atoms with E-state index in [1.807, 2.05) is 37.2 Å². The molecule has 2 aromatic rings. The predicted octanol–water partition coefficient (Wildman–Crippen LogP) is 3.69. The van der Waals surface area contributed by atoms with Crippen LogP contribution in [-0.2, 0) is 6.42 Å². The van der Waals surface area contributed by atoms with E-state index in [2.05, 4.69) is 17.1 Å². The fraction of sp³-hybridized carbons (Fsp3) is 0.429. The lowest BCUT2D eigenvalue weighted by Gasteiger charge is -2.12. The first-order valence-electron chi connectivity index (χ1n) is 6.72. The van der Waals surface area contributed by atoms with E-state index in [9.17, 15) is 0 Å². The van der Waals surface area contributed by atoms with Crippen LogP contribution in [0, 0.1) is 0 Å². The highest BCUT2D eigenvalue weighted by molar-refractivity contribution is 8.01. The lowest BCUT2D eigenvalue weighted by molar-refractivity contribution is 0.641. The molecule has 0 bridgehead atoms. The van der Waals surface area contributed by atoms with Crippen molar-refractivity contribution in [2.45, 2.75) is 35.0 Å². The van der Waals surface area contributed by atoms with E-state index >= 15 is 0 Å². The summed E-state index contributed by atoms with van der Waals surface area (Å²) in [5.74, 6) is 0. The molecule has 0 spiro atoms. The highest BCUT2D eigenvalue weighted by Crippen LogP contribution is 2.36. The molecule has 2 N–H and O–H groups in total. The minimum absolute atomic E-state index is 0.164. The second kappa shape index (κ2) is 7.45. The number of rotatable bonds is 6. The van der Waals surface area contributed by atoms with Gasteiger partial charge in [0, 0.05) is 30.1 Å². The smallest absolute Gasteiger partial charge is 0.208 e. The molecular weight excluding hydrogens is 324 g/mol. The molecule has 0 amide bonds. The maximum Gasteiger partial charge on any atom is 0.208 e. The van der Waals surface area contributed by atoms with Crippen LogP contribution in [0.2, 0.25) is 5.02 Å². The van der Waals surface area contributed by atoms with Crippen molar-refractivity contribution < 1.29 is 0 Å². The van der Waals surface area contributed by atoms with Crippen LogP contribution >= 0.6 is 34.7 Å². The van der Waals surface area contributed by atoms with Gasteiger partial charge in [-0.25, -0.2) is 0 Å². The molecule has 2 rings (SSSR count). The summed E-state index contributed by atoms with van der Waals surface area (Å²) in [4.78, 5) is 3.06. The second-order valence-corrected chi connectivity index (χ2v) is 7.65. The molecule has 21 heavy (non-hydrogen) atoms. The van der Waals surface area contributed by atoms with E-state index in [0.29, 0.717) is 0 Å². The Labute approximate surface area is 138 Å². The fourth-order valence-corrected chi connectivity index (χ4v) is 3.87. The van der Waals surface area contributed by atoms with E-state index in [4.69, 9.17) is 17.3 Å². The van der Waals surface area contributed by atoms with E-state index < -0.39 is 0 Å². The highest BCUT2D eigenvalue weighted by Gasteiger charge is 2.12. The van der Waals surface area contributed by atoms with Gasteiger partial charge in [0.25, 0.3) is 0 Å². The van der Waals surface area contributed by atoms with E-state index in [0.717, 1.165) is 32.2 Å². The van der Waals surface area contributed by atoms with Crippen molar-refractivity contribution in [1.29, 1.82) is 0 Å². The number of hydrogen-bond acceptors (Lipinski definition) is 6. The summed E-state index contributed by atoms with van der Waals surface area (Å²) < 4.78 is 0.910. The van der Waals surface area contributed by atoms with Crippen LogP contribution in [0.15, 0.2) is 27.4 Å². The summed E-state index contributed by atoms with van der Waals surface area (Å²) in [6, 6.07) is 6.10. The number of benzene rings is 1. The first-order chi connectivity index (χ1) is 9.99. The maximum atomic E-state index is 6.12. The van der Waals surface area contributed by atoms with Gasteiger partial charge in [0.2, 0.25) is 5.13 Å². The van der Waals surface area contributed by atoms with Crippen molar-refractivity contribution in [3.8, 4) is 0 Å². The zero-order chi connectivity index (χ0) is 15.4. The Morgan fingerprint density at radius 3 is 2.76 bits per heavy atom. The normalized spacial score (nSPS) is 12.4. The van der Waals surface area contributed by atoms with Crippen LogP contribution in [0.5, 0.6) is 0 Å². The summed E-state index contributed by atoms with van der Waals surface area (Å²) in [7, 11) is 3.92. The quantitative estimate of drug-likeness (QED) is 0.867. The van der Waals surface area contributed by atoms with Gasteiger partial charge in [-0.05, 0) is 30.5 Å². The SMILES string of the molecule is CCC(N)Cc1ccc(Cl)cc1Sc1nnc(N(C)C)s1. The van der Waals surface area contributed by atoms with Crippen LogP contribution in [0.3, 0.4) is 0 Å². The monoisotopic (exact) mass is 342 g/mol. The van der Waals surface area contributed by atoms with Crippen molar-refractivity contribution >= 4 is 39.8 Å². The van der Waals surface area contributed by atoms with Gasteiger partial charge in [0.1, 0.15) is 0 Å². The van der Waals surface area contributed by atoms with Gasteiger partial charge in [-0.1, -0.05) is 47.7 Å². The number of aromatic nitrogens is 2. The van der Waals surface area contributed by atoms with Crippen molar-refractivity contribution in [3.05, 3.63) is 28.8 Å². The van der Waals surface area contributed by atoms with Crippen LogP contribution in [-0.4, -0.2) is 30.3 Å². The number of nitrogens with zero attached hydrogens (tertiary/aromatic N) is 3. The van der Waals surface area contributed by atoms with E-state index in [1.54, 1.807) is 23.1 Å². The molecule has 1 aromatic heterocycles. The van der Waals surface area contributed by atoms with Crippen LogP contribution < -0.4 is 10.6 Å². The number of nitrogens with two attached hydrogens (primary N) is 1. The third kappa shape index (κ3) is 4.57. The predicted molar refractivity (Wildman–Crippen MR) is 91.8 cm³/mol. The first kappa shape index (κ1) is 16.5.